The SMILES string of the molecule is CS(=O)(=O)c1ccc([C@H](N)CO)c([N+](=O)[O-])c1. The first-order valence-electron chi connectivity index (χ1n) is 4.62. The van der Waals surface area contributed by atoms with E-state index in [-0.39, 0.29) is 10.5 Å². The second-order valence-electron chi connectivity index (χ2n) is 3.54. The van der Waals surface area contributed by atoms with Gasteiger partial charge in [-0.25, -0.2) is 8.42 Å². The molecule has 0 amide bonds. The first kappa shape index (κ1) is 13.6. The van der Waals surface area contributed by atoms with Crippen molar-refractivity contribution in [2.45, 2.75) is 10.9 Å². The number of sulfone groups is 1. The van der Waals surface area contributed by atoms with Crippen LogP contribution in [0.1, 0.15) is 11.6 Å². The highest BCUT2D eigenvalue weighted by molar-refractivity contribution is 7.90. The van der Waals surface area contributed by atoms with E-state index in [0.29, 0.717) is 0 Å². The molecule has 1 aromatic carbocycles. The van der Waals surface area contributed by atoms with Crippen LogP contribution in [0.3, 0.4) is 0 Å². The summed E-state index contributed by atoms with van der Waals surface area (Å²) in [6, 6.07) is 2.51. The molecule has 7 nitrogen and oxygen atoms in total. The van der Waals surface area contributed by atoms with Crippen LogP contribution in [0.5, 0.6) is 0 Å². The molecule has 0 aliphatic heterocycles. The van der Waals surface area contributed by atoms with E-state index in [0.717, 1.165) is 12.3 Å². The van der Waals surface area contributed by atoms with Crippen molar-refractivity contribution >= 4 is 15.5 Å². The van der Waals surface area contributed by atoms with Gasteiger partial charge in [0.1, 0.15) is 0 Å². The van der Waals surface area contributed by atoms with Gasteiger partial charge in [-0.1, -0.05) is 0 Å². The standard InChI is InChI=1S/C9H12N2O5S/c1-17(15,16)6-2-3-7(8(10)5-12)9(4-6)11(13)14/h2-4,8,12H,5,10H2,1H3/t8-/m1/s1. The van der Waals surface area contributed by atoms with Gasteiger partial charge in [0.05, 0.1) is 22.5 Å². The molecule has 0 aliphatic carbocycles. The Labute approximate surface area is 97.9 Å². The lowest BCUT2D eigenvalue weighted by atomic mass is 10.1. The summed E-state index contributed by atoms with van der Waals surface area (Å²) in [7, 11) is -3.52. The van der Waals surface area contributed by atoms with Crippen molar-refractivity contribution in [3.05, 3.63) is 33.9 Å². The fourth-order valence-electron chi connectivity index (χ4n) is 1.32. The quantitative estimate of drug-likeness (QED) is 0.579. The average Bonchev–Trinajstić information content (AvgIpc) is 2.25. The van der Waals surface area contributed by atoms with Gasteiger partial charge in [-0.15, -0.1) is 0 Å². The predicted octanol–water partition coefficient (Wildman–Crippen LogP) is -0.00960. The van der Waals surface area contributed by atoms with Crippen molar-refractivity contribution in [2.24, 2.45) is 5.73 Å². The van der Waals surface area contributed by atoms with E-state index in [1.165, 1.54) is 12.1 Å². The first-order valence-corrected chi connectivity index (χ1v) is 6.51. The highest BCUT2D eigenvalue weighted by atomic mass is 32.2. The van der Waals surface area contributed by atoms with Gasteiger partial charge in [-0.05, 0) is 12.1 Å². The molecule has 3 N–H and O–H groups in total. The number of aliphatic hydroxyl groups excluding tert-OH is 1. The molecule has 8 heteroatoms. The van der Waals surface area contributed by atoms with Crippen LogP contribution in [-0.2, 0) is 9.84 Å². The van der Waals surface area contributed by atoms with E-state index in [4.69, 9.17) is 10.8 Å². The minimum absolute atomic E-state index is 0.102. The molecule has 0 aliphatic rings. The van der Waals surface area contributed by atoms with Gasteiger partial charge in [0, 0.05) is 17.9 Å². The second kappa shape index (κ2) is 4.78. The molecule has 17 heavy (non-hydrogen) atoms. The molecule has 0 aromatic heterocycles. The number of hydrogen-bond acceptors (Lipinski definition) is 6. The maximum atomic E-state index is 11.3. The summed E-state index contributed by atoms with van der Waals surface area (Å²) in [4.78, 5) is 9.92. The molecular formula is C9H12N2O5S. The molecule has 0 radical (unpaired) electrons. The van der Waals surface area contributed by atoms with Crippen LogP contribution >= 0.6 is 0 Å². The Bertz CT molecular complexity index is 540. The Morgan fingerprint density at radius 1 is 1.53 bits per heavy atom. The maximum Gasteiger partial charge on any atom is 0.275 e. The minimum Gasteiger partial charge on any atom is -0.394 e. The molecule has 94 valence electrons. The summed E-state index contributed by atoms with van der Waals surface area (Å²) in [5.41, 5.74) is 5.18. The highest BCUT2D eigenvalue weighted by Crippen LogP contribution is 2.26. The fourth-order valence-corrected chi connectivity index (χ4v) is 1.97. The molecule has 1 rings (SSSR count). The van der Waals surface area contributed by atoms with Crippen LogP contribution < -0.4 is 5.73 Å². The summed E-state index contributed by atoms with van der Waals surface area (Å²) in [5, 5.41) is 19.7. The monoisotopic (exact) mass is 260 g/mol. The lowest BCUT2D eigenvalue weighted by Crippen LogP contribution is -2.16. The number of nitro groups is 1. The summed E-state index contributed by atoms with van der Waals surface area (Å²) in [6.45, 7) is -0.459. The number of nitro benzene ring substituents is 1. The van der Waals surface area contributed by atoms with E-state index in [9.17, 15) is 18.5 Å². The summed E-state index contributed by atoms with van der Waals surface area (Å²) < 4.78 is 22.5. The zero-order chi connectivity index (χ0) is 13.2. The number of benzene rings is 1. The lowest BCUT2D eigenvalue weighted by molar-refractivity contribution is -0.386. The van der Waals surface area contributed by atoms with Crippen molar-refractivity contribution in [1.29, 1.82) is 0 Å². The number of rotatable bonds is 4. The van der Waals surface area contributed by atoms with E-state index in [1.54, 1.807) is 0 Å². The third-order valence-electron chi connectivity index (χ3n) is 2.22. The van der Waals surface area contributed by atoms with Crippen molar-refractivity contribution < 1.29 is 18.4 Å². The van der Waals surface area contributed by atoms with Crippen LogP contribution in [0, 0.1) is 10.1 Å². The predicted molar refractivity (Wildman–Crippen MR) is 60.2 cm³/mol. The summed E-state index contributed by atoms with van der Waals surface area (Å²) in [5.74, 6) is 0. The van der Waals surface area contributed by atoms with E-state index < -0.39 is 33.1 Å². The minimum atomic E-state index is -3.52. The Hall–Kier alpha value is -1.51. The van der Waals surface area contributed by atoms with Crippen LogP contribution in [0.25, 0.3) is 0 Å². The Morgan fingerprint density at radius 2 is 2.12 bits per heavy atom. The van der Waals surface area contributed by atoms with Crippen molar-refractivity contribution in [3.8, 4) is 0 Å². The van der Waals surface area contributed by atoms with Crippen LogP contribution in [-0.4, -0.2) is 31.3 Å². The maximum absolute atomic E-state index is 11.3. The van der Waals surface area contributed by atoms with Gasteiger partial charge < -0.3 is 10.8 Å². The van der Waals surface area contributed by atoms with Crippen molar-refractivity contribution in [3.63, 3.8) is 0 Å². The summed E-state index contributed by atoms with van der Waals surface area (Å²) >= 11 is 0. The Kier molecular flexibility index (Phi) is 3.81. The first-order chi connectivity index (χ1) is 7.77. The van der Waals surface area contributed by atoms with Gasteiger partial charge in [0.25, 0.3) is 5.69 Å². The Balaban J connectivity index is 3.43. The molecule has 0 bridgehead atoms. The molecule has 1 atom stereocenters. The number of nitrogens with two attached hydrogens (primary N) is 1. The molecule has 0 saturated carbocycles. The number of aliphatic hydroxyl groups is 1. The van der Waals surface area contributed by atoms with E-state index in [1.807, 2.05) is 0 Å². The van der Waals surface area contributed by atoms with Gasteiger partial charge >= 0.3 is 0 Å². The number of nitrogens with zero attached hydrogens (tertiary/aromatic N) is 1. The third-order valence-corrected chi connectivity index (χ3v) is 3.33. The van der Waals surface area contributed by atoms with Gasteiger partial charge in [0.15, 0.2) is 9.84 Å². The molecule has 0 saturated heterocycles. The lowest BCUT2D eigenvalue weighted by Gasteiger charge is -2.09. The second-order valence-corrected chi connectivity index (χ2v) is 5.55. The van der Waals surface area contributed by atoms with Crippen LogP contribution in [0.4, 0.5) is 5.69 Å². The Morgan fingerprint density at radius 3 is 2.53 bits per heavy atom. The molecule has 0 heterocycles. The molecule has 0 fully saturated rings. The summed E-state index contributed by atoms with van der Waals surface area (Å²) in [6.07, 6.45) is 0.956. The average molecular weight is 260 g/mol. The number of hydrogen-bond donors (Lipinski definition) is 2. The zero-order valence-electron chi connectivity index (χ0n) is 9.03. The fraction of sp³-hybridized carbons (Fsp3) is 0.333. The van der Waals surface area contributed by atoms with Gasteiger partial charge in [0.2, 0.25) is 0 Å². The molecule has 1 aromatic rings. The van der Waals surface area contributed by atoms with Crippen LogP contribution in [0.2, 0.25) is 0 Å². The van der Waals surface area contributed by atoms with E-state index in [2.05, 4.69) is 0 Å². The van der Waals surface area contributed by atoms with Crippen molar-refractivity contribution in [1.82, 2.24) is 0 Å². The highest BCUT2D eigenvalue weighted by Gasteiger charge is 2.21. The van der Waals surface area contributed by atoms with E-state index >= 15 is 0 Å². The van der Waals surface area contributed by atoms with Gasteiger partial charge in [-0.3, -0.25) is 10.1 Å². The third kappa shape index (κ3) is 2.99. The molecule has 0 spiro atoms. The molecule has 0 unspecified atom stereocenters. The zero-order valence-corrected chi connectivity index (χ0v) is 9.85. The van der Waals surface area contributed by atoms with Gasteiger partial charge in [-0.2, -0.15) is 0 Å². The largest absolute Gasteiger partial charge is 0.394 e. The smallest absolute Gasteiger partial charge is 0.275 e. The topological polar surface area (TPSA) is 124 Å². The van der Waals surface area contributed by atoms with Crippen molar-refractivity contribution in [2.75, 3.05) is 12.9 Å². The molecular weight excluding hydrogens is 248 g/mol. The van der Waals surface area contributed by atoms with Crippen LogP contribution in [0.15, 0.2) is 23.1 Å². The normalized spacial score (nSPS) is 13.4.